The van der Waals surface area contributed by atoms with Gasteiger partial charge in [0.2, 0.25) is 0 Å². The minimum atomic E-state index is -0.697. The van der Waals surface area contributed by atoms with Crippen LogP contribution in [-0.4, -0.2) is 23.7 Å². The normalized spacial score (nSPS) is 26.5. The van der Waals surface area contributed by atoms with E-state index >= 15 is 0 Å². The fraction of sp³-hybridized carbons (Fsp3) is 0.500. The molecule has 78 valence electrons. The van der Waals surface area contributed by atoms with E-state index in [9.17, 15) is 10.1 Å². The maximum Gasteiger partial charge on any atom is 0.306 e. The molecule has 1 unspecified atom stereocenters. The Morgan fingerprint density at radius 3 is 2.71 bits per heavy atom. The number of ether oxygens (including phenoxy) is 2. The van der Waals surface area contributed by atoms with Gasteiger partial charge in [0.05, 0.1) is 18.5 Å². The quantitative estimate of drug-likeness (QED) is 0.443. The predicted octanol–water partition coefficient (Wildman–Crippen LogP) is 1.82. The molecule has 0 amide bonds. The summed E-state index contributed by atoms with van der Waals surface area (Å²) in [4.78, 5) is 10.1. The van der Waals surface area contributed by atoms with E-state index in [1.165, 1.54) is 20.3 Å². The van der Waals surface area contributed by atoms with Crippen LogP contribution in [0.4, 0.5) is 0 Å². The third kappa shape index (κ3) is 2.13. The molecule has 0 aromatic rings. The lowest BCUT2D eigenvalue weighted by Crippen LogP contribution is -2.25. The van der Waals surface area contributed by atoms with Crippen molar-refractivity contribution >= 4 is 15.9 Å². The summed E-state index contributed by atoms with van der Waals surface area (Å²) >= 11 is 3.31. The molecule has 0 spiro atoms. The van der Waals surface area contributed by atoms with Crippen LogP contribution < -0.4 is 0 Å². The Morgan fingerprint density at radius 1 is 1.64 bits per heavy atom. The van der Waals surface area contributed by atoms with E-state index in [1.807, 2.05) is 0 Å². The number of halogens is 1. The Hall–Kier alpha value is -0.880. The number of alkyl halides is 1. The van der Waals surface area contributed by atoms with Crippen molar-refractivity contribution in [3.05, 3.63) is 33.7 Å². The van der Waals surface area contributed by atoms with Crippen molar-refractivity contribution in [2.24, 2.45) is 0 Å². The van der Waals surface area contributed by atoms with Crippen molar-refractivity contribution in [2.75, 3.05) is 14.2 Å². The van der Waals surface area contributed by atoms with Gasteiger partial charge in [-0.15, -0.1) is 0 Å². The van der Waals surface area contributed by atoms with Crippen LogP contribution in [0.25, 0.3) is 0 Å². The van der Waals surface area contributed by atoms with Crippen molar-refractivity contribution in [1.82, 2.24) is 0 Å². The predicted molar refractivity (Wildman–Crippen MR) is 53.5 cm³/mol. The molecule has 1 rings (SSSR count). The van der Waals surface area contributed by atoms with Gasteiger partial charge in [-0.25, -0.2) is 0 Å². The third-order valence-electron chi connectivity index (χ3n) is 1.96. The van der Waals surface area contributed by atoms with Crippen LogP contribution in [0.1, 0.15) is 6.42 Å². The lowest BCUT2D eigenvalue weighted by atomic mass is 10.1. The highest BCUT2D eigenvalue weighted by atomic mass is 79.9. The molecule has 0 saturated heterocycles. The summed E-state index contributed by atoms with van der Waals surface area (Å²) in [6, 6.07) is 0. The first-order valence-electron chi connectivity index (χ1n) is 3.87. The molecular weight excluding hydrogens is 254 g/mol. The van der Waals surface area contributed by atoms with Gasteiger partial charge in [0.25, 0.3) is 0 Å². The molecule has 6 heteroatoms. The molecule has 0 radical (unpaired) electrons. The van der Waals surface area contributed by atoms with E-state index in [1.54, 1.807) is 6.08 Å². The molecule has 5 nitrogen and oxygen atoms in total. The van der Waals surface area contributed by atoms with Gasteiger partial charge in [0, 0.05) is 13.2 Å². The Kier molecular flexibility index (Phi) is 3.28. The topological polar surface area (TPSA) is 61.6 Å². The molecule has 0 bridgehead atoms. The molecule has 0 aromatic heterocycles. The second-order valence-electron chi connectivity index (χ2n) is 2.77. The number of rotatable bonds is 3. The number of nitrogens with zero attached hydrogens (tertiary/aromatic N) is 1. The molecule has 0 aliphatic heterocycles. The Morgan fingerprint density at radius 2 is 2.29 bits per heavy atom. The lowest BCUT2D eigenvalue weighted by molar-refractivity contribution is -0.422. The number of nitro groups is 1. The van der Waals surface area contributed by atoms with Gasteiger partial charge in [-0.2, -0.15) is 0 Å². The van der Waals surface area contributed by atoms with Crippen molar-refractivity contribution < 1.29 is 14.4 Å². The summed E-state index contributed by atoms with van der Waals surface area (Å²) in [7, 11) is 2.92. The van der Waals surface area contributed by atoms with E-state index in [4.69, 9.17) is 9.47 Å². The zero-order chi connectivity index (χ0) is 10.8. The summed E-state index contributed by atoms with van der Waals surface area (Å²) in [5, 5.41) is 10.6. The van der Waals surface area contributed by atoms with E-state index in [0.717, 1.165) is 0 Å². The van der Waals surface area contributed by atoms with Crippen LogP contribution in [0.15, 0.2) is 23.6 Å². The Labute approximate surface area is 89.7 Å². The highest BCUT2D eigenvalue weighted by molar-refractivity contribution is 9.10. The highest BCUT2D eigenvalue weighted by Crippen LogP contribution is 2.34. The molecule has 1 aliphatic rings. The van der Waals surface area contributed by atoms with Gasteiger partial charge in [-0.05, 0) is 22.0 Å². The Balaban J connectivity index is 2.99. The number of methoxy groups -OCH3 is 2. The first-order valence-corrected chi connectivity index (χ1v) is 4.66. The smallest absolute Gasteiger partial charge is 0.306 e. The van der Waals surface area contributed by atoms with Crippen molar-refractivity contribution in [1.29, 1.82) is 0 Å². The Bertz CT molecular complexity index is 312. The average Bonchev–Trinajstić information content (AvgIpc) is 2.17. The largest absolute Gasteiger partial charge is 0.494 e. The van der Waals surface area contributed by atoms with E-state index in [-0.39, 0.29) is 5.70 Å². The summed E-state index contributed by atoms with van der Waals surface area (Å²) in [6.07, 6.45) is 3.26. The summed E-state index contributed by atoms with van der Waals surface area (Å²) < 4.78 is 9.37. The maximum absolute atomic E-state index is 10.6. The van der Waals surface area contributed by atoms with Crippen LogP contribution in [-0.2, 0) is 9.47 Å². The maximum atomic E-state index is 10.6. The monoisotopic (exact) mass is 263 g/mol. The molecular formula is C8H10BrNO4. The fourth-order valence-electron chi connectivity index (χ4n) is 1.14. The van der Waals surface area contributed by atoms with Crippen LogP contribution in [0.5, 0.6) is 0 Å². The standard InChI is InChI=1S/C8H10BrNO4/c1-13-7-5-8(9,14-2)4-3-6(7)10(11)12/h3-4H,5H2,1-2H3. The van der Waals surface area contributed by atoms with Crippen LogP contribution >= 0.6 is 15.9 Å². The van der Waals surface area contributed by atoms with Gasteiger partial charge in [-0.3, -0.25) is 10.1 Å². The zero-order valence-electron chi connectivity index (χ0n) is 7.82. The minimum absolute atomic E-state index is 0.0281. The molecule has 14 heavy (non-hydrogen) atoms. The van der Waals surface area contributed by atoms with Gasteiger partial charge in [-0.1, -0.05) is 0 Å². The molecule has 0 aromatic carbocycles. The minimum Gasteiger partial charge on any atom is -0.494 e. The molecule has 1 atom stereocenters. The second-order valence-corrected chi connectivity index (χ2v) is 4.11. The lowest BCUT2D eigenvalue weighted by Gasteiger charge is -2.25. The van der Waals surface area contributed by atoms with E-state index < -0.39 is 9.43 Å². The second kappa shape index (κ2) is 4.10. The summed E-state index contributed by atoms with van der Waals surface area (Å²) in [6.45, 7) is 0. The van der Waals surface area contributed by atoms with Gasteiger partial charge in [0.1, 0.15) is 4.51 Å². The SMILES string of the molecule is COC1=C([N+](=O)[O-])C=CC(Br)(OC)C1. The first-order chi connectivity index (χ1) is 6.52. The zero-order valence-corrected chi connectivity index (χ0v) is 9.41. The molecule has 0 fully saturated rings. The van der Waals surface area contributed by atoms with Crippen molar-refractivity contribution in [2.45, 2.75) is 10.9 Å². The number of hydrogen-bond acceptors (Lipinski definition) is 4. The molecule has 1 aliphatic carbocycles. The summed E-state index contributed by atoms with van der Waals surface area (Å²) in [5.41, 5.74) is -0.0281. The average molecular weight is 264 g/mol. The van der Waals surface area contributed by atoms with Gasteiger partial charge >= 0.3 is 5.70 Å². The third-order valence-corrected chi connectivity index (χ3v) is 2.83. The van der Waals surface area contributed by atoms with Gasteiger partial charge < -0.3 is 9.47 Å². The van der Waals surface area contributed by atoms with E-state index in [0.29, 0.717) is 12.2 Å². The summed E-state index contributed by atoms with van der Waals surface area (Å²) in [5.74, 6) is 0.302. The van der Waals surface area contributed by atoms with Crippen LogP contribution in [0, 0.1) is 10.1 Å². The van der Waals surface area contributed by atoms with Crippen molar-refractivity contribution in [3.63, 3.8) is 0 Å². The highest BCUT2D eigenvalue weighted by Gasteiger charge is 2.34. The van der Waals surface area contributed by atoms with Crippen LogP contribution in [0.3, 0.4) is 0 Å². The van der Waals surface area contributed by atoms with Gasteiger partial charge in [0.15, 0.2) is 5.76 Å². The van der Waals surface area contributed by atoms with Crippen LogP contribution in [0.2, 0.25) is 0 Å². The van der Waals surface area contributed by atoms with E-state index in [2.05, 4.69) is 15.9 Å². The number of allylic oxidation sites excluding steroid dienone is 1. The number of hydrogen-bond donors (Lipinski definition) is 0. The molecule has 0 saturated carbocycles. The molecule has 0 heterocycles. The fourth-order valence-corrected chi connectivity index (χ4v) is 1.53. The molecule has 0 N–H and O–H groups in total. The first kappa shape index (κ1) is 11.2. The van der Waals surface area contributed by atoms with Crippen molar-refractivity contribution in [3.8, 4) is 0 Å².